The summed E-state index contributed by atoms with van der Waals surface area (Å²) in [6, 6.07) is 8.52. The molecule has 3 N–H and O–H groups in total. The van der Waals surface area contributed by atoms with Crippen molar-refractivity contribution in [1.82, 2.24) is 30.1 Å². The molecule has 5 rings (SSSR count). The second-order valence-corrected chi connectivity index (χ2v) is 10.2. The van der Waals surface area contributed by atoms with Crippen LogP contribution in [0.3, 0.4) is 0 Å². The molecule has 0 saturated carbocycles. The number of carbonyl (C=O) groups is 1. The molecule has 3 aromatic heterocycles. The first-order valence-electron chi connectivity index (χ1n) is 13.1. The summed E-state index contributed by atoms with van der Waals surface area (Å²) in [6.07, 6.45) is 5.59. The number of aromatic nitrogens is 3. The zero-order chi connectivity index (χ0) is 26.7. The molecular weight excluding hydrogens is 484 g/mol. The lowest BCUT2D eigenvalue weighted by atomic mass is 9.86. The lowest BCUT2D eigenvalue weighted by Gasteiger charge is -2.46. The smallest absolute Gasteiger partial charge is 0.405 e. The Hall–Kier alpha value is -3.88. The van der Waals surface area contributed by atoms with Crippen LogP contribution in [0.2, 0.25) is 0 Å². The number of hydrogen-bond donors (Lipinski definition) is 3. The molecule has 1 atom stereocenters. The molecule has 11 nitrogen and oxygen atoms in total. The zero-order valence-electron chi connectivity index (χ0n) is 21.9. The number of nitriles is 1. The van der Waals surface area contributed by atoms with Gasteiger partial charge in [0.2, 0.25) is 0 Å². The Balaban J connectivity index is 1.34. The van der Waals surface area contributed by atoms with Crippen LogP contribution in [0.25, 0.3) is 16.6 Å². The number of nitrogens with zero attached hydrogens (tertiary/aromatic N) is 6. The molecule has 0 radical (unpaired) electrons. The van der Waals surface area contributed by atoms with E-state index in [2.05, 4.69) is 38.5 Å². The van der Waals surface area contributed by atoms with Crippen molar-refractivity contribution in [2.24, 2.45) is 0 Å². The molecule has 2 saturated heterocycles. The summed E-state index contributed by atoms with van der Waals surface area (Å²) in [5, 5.41) is 29.8. The van der Waals surface area contributed by atoms with Crippen LogP contribution in [-0.4, -0.2) is 88.2 Å². The third kappa shape index (κ3) is 5.37. The van der Waals surface area contributed by atoms with Gasteiger partial charge >= 0.3 is 6.09 Å². The zero-order valence-corrected chi connectivity index (χ0v) is 21.9. The van der Waals surface area contributed by atoms with Crippen molar-refractivity contribution in [1.29, 1.82) is 5.26 Å². The summed E-state index contributed by atoms with van der Waals surface area (Å²) in [4.78, 5) is 21.0. The highest BCUT2D eigenvalue weighted by Gasteiger charge is 2.38. The van der Waals surface area contributed by atoms with Crippen molar-refractivity contribution in [2.75, 3.05) is 50.8 Å². The van der Waals surface area contributed by atoms with E-state index >= 15 is 0 Å². The number of piperazine rings is 1. The maximum atomic E-state index is 11.7. The Labute approximate surface area is 222 Å². The summed E-state index contributed by atoms with van der Waals surface area (Å²) < 4.78 is 7.39. The number of ether oxygens (including phenoxy) is 1. The Morgan fingerprint density at radius 1 is 1.32 bits per heavy atom. The van der Waals surface area contributed by atoms with E-state index < -0.39 is 11.6 Å². The number of anilines is 1. The van der Waals surface area contributed by atoms with Crippen molar-refractivity contribution in [2.45, 2.75) is 38.3 Å². The minimum absolute atomic E-state index is 0.399. The van der Waals surface area contributed by atoms with E-state index in [1.165, 1.54) is 0 Å². The molecule has 0 bridgehead atoms. The molecule has 0 aromatic carbocycles. The van der Waals surface area contributed by atoms with Gasteiger partial charge in [-0.15, -0.1) is 0 Å². The van der Waals surface area contributed by atoms with E-state index in [-0.39, 0.29) is 0 Å². The van der Waals surface area contributed by atoms with Crippen LogP contribution in [0.4, 0.5) is 10.6 Å². The molecule has 2 aliphatic heterocycles. The maximum absolute atomic E-state index is 11.7. The second kappa shape index (κ2) is 10.8. The van der Waals surface area contributed by atoms with Gasteiger partial charge in [0.1, 0.15) is 17.6 Å². The van der Waals surface area contributed by atoms with E-state index in [9.17, 15) is 15.2 Å². The fourth-order valence-electron chi connectivity index (χ4n) is 5.67. The fraction of sp³-hybridized carbons (Fsp3) is 0.481. The van der Waals surface area contributed by atoms with E-state index in [0.717, 1.165) is 42.1 Å². The predicted octanol–water partition coefficient (Wildman–Crippen LogP) is 2.57. The van der Waals surface area contributed by atoms with E-state index in [4.69, 9.17) is 9.72 Å². The second-order valence-electron chi connectivity index (χ2n) is 10.2. The van der Waals surface area contributed by atoms with Crippen molar-refractivity contribution < 1.29 is 14.6 Å². The highest BCUT2D eigenvalue weighted by molar-refractivity contribution is 5.85. The van der Waals surface area contributed by atoms with Crippen LogP contribution < -0.4 is 20.3 Å². The van der Waals surface area contributed by atoms with Gasteiger partial charge in [0, 0.05) is 62.6 Å². The Morgan fingerprint density at radius 3 is 2.79 bits per heavy atom. The first-order chi connectivity index (χ1) is 18.4. The number of carboxylic acid groups (broad SMARTS) is 1. The highest BCUT2D eigenvalue weighted by atomic mass is 16.5. The van der Waals surface area contributed by atoms with Crippen molar-refractivity contribution in [3.63, 3.8) is 0 Å². The standard InChI is InChI=1S/C27H34N8O3/c1-3-38-22-12-23(25-21(13-28)15-31-35(25)17-22)20-4-5-24(30-14-20)34-9-6-27(7-10-34,32-26(36)37)18-33-11-8-29-19(2)16-33/h4-5,12,14-15,17,19,29,32H,3,6-11,16,18H2,1-2H3,(H,36,37)/t19-/m0/s1. The Bertz CT molecular complexity index is 1320. The molecule has 38 heavy (non-hydrogen) atoms. The number of amides is 1. The molecule has 0 unspecified atom stereocenters. The van der Waals surface area contributed by atoms with Gasteiger partial charge < -0.3 is 25.4 Å². The van der Waals surface area contributed by atoms with Gasteiger partial charge in [0.25, 0.3) is 0 Å². The van der Waals surface area contributed by atoms with Gasteiger partial charge in [-0.05, 0) is 44.9 Å². The molecular formula is C27H34N8O3. The summed E-state index contributed by atoms with van der Waals surface area (Å²) in [6.45, 7) is 9.49. The topological polar surface area (TPSA) is 131 Å². The average Bonchev–Trinajstić information content (AvgIpc) is 3.32. The number of hydrogen-bond acceptors (Lipinski definition) is 8. The predicted molar refractivity (Wildman–Crippen MR) is 144 cm³/mol. The van der Waals surface area contributed by atoms with E-state index in [1.54, 1.807) is 16.9 Å². The fourth-order valence-corrected chi connectivity index (χ4v) is 5.67. The van der Waals surface area contributed by atoms with Crippen LogP contribution in [0.15, 0.2) is 36.8 Å². The number of piperidine rings is 1. The number of pyridine rings is 2. The lowest BCUT2D eigenvalue weighted by Crippen LogP contribution is -2.63. The molecule has 0 spiro atoms. The van der Waals surface area contributed by atoms with Crippen LogP contribution in [-0.2, 0) is 0 Å². The summed E-state index contributed by atoms with van der Waals surface area (Å²) >= 11 is 0. The quantitative estimate of drug-likeness (QED) is 0.432. The van der Waals surface area contributed by atoms with E-state index in [1.807, 2.05) is 31.3 Å². The third-order valence-corrected chi connectivity index (χ3v) is 7.47. The van der Waals surface area contributed by atoms with Gasteiger partial charge in [-0.3, -0.25) is 4.90 Å². The van der Waals surface area contributed by atoms with Crippen molar-refractivity contribution in [3.8, 4) is 22.9 Å². The Kier molecular flexibility index (Phi) is 7.35. The lowest BCUT2D eigenvalue weighted by molar-refractivity contribution is 0.116. The van der Waals surface area contributed by atoms with Crippen LogP contribution >= 0.6 is 0 Å². The van der Waals surface area contributed by atoms with Gasteiger partial charge in [0.15, 0.2) is 0 Å². The monoisotopic (exact) mass is 518 g/mol. The van der Waals surface area contributed by atoms with Crippen LogP contribution in [0, 0.1) is 11.3 Å². The maximum Gasteiger partial charge on any atom is 0.405 e. The SMILES string of the molecule is CCOc1cc(-c2ccc(N3CCC(CN4CCN[C@@H](C)C4)(NC(=O)O)CC3)nc2)c2c(C#N)cnn2c1. The largest absolute Gasteiger partial charge is 0.492 e. The minimum atomic E-state index is -0.971. The first kappa shape index (κ1) is 25.8. The average molecular weight is 519 g/mol. The summed E-state index contributed by atoms with van der Waals surface area (Å²) in [5.74, 6) is 1.52. The van der Waals surface area contributed by atoms with Gasteiger partial charge in [0.05, 0.1) is 35.6 Å². The normalized spacial score (nSPS) is 19.7. The third-order valence-electron chi connectivity index (χ3n) is 7.47. The van der Waals surface area contributed by atoms with Crippen LogP contribution in [0.5, 0.6) is 5.75 Å². The highest BCUT2D eigenvalue weighted by Crippen LogP contribution is 2.32. The van der Waals surface area contributed by atoms with Gasteiger partial charge in [-0.2, -0.15) is 10.4 Å². The molecule has 11 heteroatoms. The number of nitrogens with one attached hydrogen (secondary N) is 2. The number of rotatable bonds is 7. The minimum Gasteiger partial charge on any atom is -0.492 e. The number of fused-ring (bicyclic) bond motifs is 1. The molecule has 1 amide bonds. The molecule has 200 valence electrons. The van der Waals surface area contributed by atoms with Gasteiger partial charge in [-0.25, -0.2) is 14.3 Å². The summed E-state index contributed by atoms with van der Waals surface area (Å²) in [7, 11) is 0. The molecule has 5 heterocycles. The van der Waals surface area contributed by atoms with E-state index in [0.29, 0.717) is 56.4 Å². The van der Waals surface area contributed by atoms with Crippen molar-refractivity contribution >= 4 is 17.4 Å². The first-order valence-corrected chi connectivity index (χ1v) is 13.1. The van der Waals surface area contributed by atoms with Crippen molar-refractivity contribution in [3.05, 3.63) is 42.4 Å². The Morgan fingerprint density at radius 2 is 2.13 bits per heavy atom. The summed E-state index contributed by atoms with van der Waals surface area (Å²) in [5.41, 5.74) is 2.43. The molecule has 3 aromatic rings. The molecule has 2 fully saturated rings. The van der Waals surface area contributed by atoms with Crippen LogP contribution in [0.1, 0.15) is 32.3 Å². The van der Waals surface area contributed by atoms with Gasteiger partial charge in [-0.1, -0.05) is 0 Å². The molecule has 2 aliphatic rings. The molecule has 0 aliphatic carbocycles.